The van der Waals surface area contributed by atoms with E-state index in [1.807, 2.05) is 30.1 Å². The number of methoxy groups -OCH3 is 2. The maximum absolute atomic E-state index is 12.5. The number of nitrogens with zero attached hydrogens (tertiary/aromatic N) is 1. The number of rotatable bonds is 2. The third kappa shape index (κ3) is 1.68. The lowest BCUT2D eigenvalue weighted by Crippen LogP contribution is -2.53. The van der Waals surface area contributed by atoms with E-state index in [0.29, 0.717) is 12.3 Å². The van der Waals surface area contributed by atoms with Gasteiger partial charge in [-0.05, 0) is 13.1 Å². The standard InChI is InChI=1S/C15H17NO5/c1-16-8-10(13(17)19-2)15(14(18)20-3)12(16)9-6-4-5-7-11(9)21-15/h4-7,10,12H,8H2,1-3H3/t10-,12+,15+/m1/s1. The Bertz CT molecular complexity index is 601. The summed E-state index contributed by atoms with van der Waals surface area (Å²) in [5.41, 5.74) is -0.489. The molecule has 6 heteroatoms. The van der Waals surface area contributed by atoms with Gasteiger partial charge in [0.2, 0.25) is 5.60 Å². The number of ether oxygens (including phenoxy) is 3. The highest BCUT2D eigenvalue weighted by atomic mass is 16.6. The van der Waals surface area contributed by atoms with Gasteiger partial charge in [0.25, 0.3) is 0 Å². The first-order valence-electron chi connectivity index (χ1n) is 6.70. The Labute approximate surface area is 122 Å². The van der Waals surface area contributed by atoms with Crippen molar-refractivity contribution in [3.05, 3.63) is 29.8 Å². The van der Waals surface area contributed by atoms with Crippen LogP contribution in [0.15, 0.2) is 24.3 Å². The Balaban J connectivity index is 2.16. The lowest BCUT2D eigenvalue weighted by molar-refractivity contribution is -0.171. The molecule has 2 aliphatic heterocycles. The molecule has 2 aliphatic rings. The third-order valence-corrected chi connectivity index (χ3v) is 4.32. The summed E-state index contributed by atoms with van der Waals surface area (Å²) < 4.78 is 15.8. The van der Waals surface area contributed by atoms with Crippen molar-refractivity contribution in [3.8, 4) is 5.75 Å². The number of fused-ring (bicyclic) bond motifs is 3. The highest BCUT2D eigenvalue weighted by Crippen LogP contribution is 2.54. The number of likely N-dealkylation sites (tertiary alicyclic amines) is 1. The number of carbonyl (C=O) groups excluding carboxylic acids is 2. The highest BCUT2D eigenvalue weighted by molar-refractivity contribution is 5.91. The van der Waals surface area contributed by atoms with Crippen LogP contribution >= 0.6 is 0 Å². The average molecular weight is 291 g/mol. The molecule has 1 aromatic carbocycles. The topological polar surface area (TPSA) is 65.1 Å². The van der Waals surface area contributed by atoms with Crippen LogP contribution in [0.3, 0.4) is 0 Å². The summed E-state index contributed by atoms with van der Waals surface area (Å²) >= 11 is 0. The van der Waals surface area contributed by atoms with Gasteiger partial charge in [0.1, 0.15) is 11.7 Å². The summed E-state index contributed by atoms with van der Waals surface area (Å²) in [6.07, 6.45) is 0. The van der Waals surface area contributed by atoms with Crippen LogP contribution < -0.4 is 4.74 Å². The molecule has 2 heterocycles. The zero-order valence-electron chi connectivity index (χ0n) is 12.2. The summed E-state index contributed by atoms with van der Waals surface area (Å²) in [5, 5.41) is 0. The fraction of sp³-hybridized carbons (Fsp3) is 0.467. The predicted octanol–water partition coefficient (Wildman–Crippen LogP) is 0.766. The van der Waals surface area contributed by atoms with E-state index < -0.39 is 23.5 Å². The Kier molecular flexibility index (Phi) is 3.13. The second-order valence-corrected chi connectivity index (χ2v) is 5.34. The monoisotopic (exact) mass is 291 g/mol. The number of carbonyl (C=O) groups is 2. The van der Waals surface area contributed by atoms with Gasteiger partial charge < -0.3 is 14.2 Å². The van der Waals surface area contributed by atoms with E-state index in [0.717, 1.165) is 5.56 Å². The highest BCUT2D eigenvalue weighted by Gasteiger charge is 2.68. The normalized spacial score (nSPS) is 30.2. The van der Waals surface area contributed by atoms with Crippen molar-refractivity contribution in [2.24, 2.45) is 5.92 Å². The smallest absolute Gasteiger partial charge is 0.353 e. The van der Waals surface area contributed by atoms with Crippen molar-refractivity contribution in [2.45, 2.75) is 11.6 Å². The van der Waals surface area contributed by atoms with Crippen LogP contribution in [0, 0.1) is 5.92 Å². The molecule has 21 heavy (non-hydrogen) atoms. The first-order valence-corrected chi connectivity index (χ1v) is 6.70. The zero-order chi connectivity index (χ0) is 15.2. The fourth-order valence-corrected chi connectivity index (χ4v) is 3.47. The largest absolute Gasteiger partial charge is 0.472 e. The van der Waals surface area contributed by atoms with Gasteiger partial charge in [0.05, 0.1) is 20.3 Å². The molecule has 1 aromatic rings. The summed E-state index contributed by atoms with van der Waals surface area (Å²) in [6.45, 7) is 0.376. The molecular formula is C15H17NO5. The van der Waals surface area contributed by atoms with Gasteiger partial charge >= 0.3 is 11.9 Å². The number of para-hydroxylation sites is 1. The van der Waals surface area contributed by atoms with Crippen LogP contribution in [-0.4, -0.2) is 50.3 Å². The van der Waals surface area contributed by atoms with E-state index >= 15 is 0 Å². The second kappa shape index (κ2) is 4.73. The van der Waals surface area contributed by atoms with Crippen molar-refractivity contribution >= 4 is 11.9 Å². The maximum atomic E-state index is 12.5. The maximum Gasteiger partial charge on any atom is 0.353 e. The van der Waals surface area contributed by atoms with Crippen LogP contribution in [0.1, 0.15) is 11.6 Å². The molecule has 3 rings (SSSR count). The summed E-state index contributed by atoms with van der Waals surface area (Å²) in [5.74, 6) is -1.14. The number of likely N-dealkylation sites (N-methyl/N-ethyl adjacent to an activating group) is 1. The van der Waals surface area contributed by atoms with E-state index in [1.165, 1.54) is 14.2 Å². The Morgan fingerprint density at radius 1 is 1.29 bits per heavy atom. The van der Waals surface area contributed by atoms with E-state index in [9.17, 15) is 9.59 Å². The fourth-order valence-electron chi connectivity index (χ4n) is 3.47. The van der Waals surface area contributed by atoms with Gasteiger partial charge in [-0.1, -0.05) is 18.2 Å². The van der Waals surface area contributed by atoms with Crippen LogP contribution in [0.2, 0.25) is 0 Å². The molecule has 112 valence electrons. The number of esters is 2. The summed E-state index contributed by atoms with van der Waals surface area (Å²) in [6, 6.07) is 7.05. The van der Waals surface area contributed by atoms with Gasteiger partial charge in [0.15, 0.2) is 0 Å². The van der Waals surface area contributed by atoms with Crippen LogP contribution in [0.25, 0.3) is 0 Å². The Morgan fingerprint density at radius 3 is 2.67 bits per heavy atom. The molecule has 0 aromatic heterocycles. The van der Waals surface area contributed by atoms with Crippen LogP contribution in [-0.2, 0) is 19.1 Å². The molecule has 1 saturated heterocycles. The molecule has 1 fully saturated rings. The van der Waals surface area contributed by atoms with E-state index in [-0.39, 0.29) is 6.04 Å². The molecule has 0 N–H and O–H groups in total. The second-order valence-electron chi connectivity index (χ2n) is 5.34. The lowest BCUT2D eigenvalue weighted by Gasteiger charge is -2.30. The molecule has 0 bridgehead atoms. The van der Waals surface area contributed by atoms with Crippen molar-refractivity contribution in [1.29, 1.82) is 0 Å². The number of hydrogen-bond donors (Lipinski definition) is 0. The molecule has 3 atom stereocenters. The zero-order valence-corrected chi connectivity index (χ0v) is 12.2. The SMILES string of the molecule is COC(=O)[C@H]1CN(C)[C@H]2c3ccccc3O[C@@]12C(=O)OC. The summed E-state index contributed by atoms with van der Waals surface area (Å²) in [7, 11) is 4.46. The molecule has 6 nitrogen and oxygen atoms in total. The van der Waals surface area contributed by atoms with Gasteiger partial charge in [0, 0.05) is 12.1 Å². The van der Waals surface area contributed by atoms with Gasteiger partial charge in [-0.25, -0.2) is 4.79 Å². The molecule has 0 spiro atoms. The van der Waals surface area contributed by atoms with Gasteiger partial charge in [-0.3, -0.25) is 9.69 Å². The molecular weight excluding hydrogens is 274 g/mol. The van der Waals surface area contributed by atoms with E-state index in [1.54, 1.807) is 6.07 Å². The van der Waals surface area contributed by atoms with Crippen molar-refractivity contribution in [1.82, 2.24) is 4.90 Å². The van der Waals surface area contributed by atoms with Gasteiger partial charge in [-0.15, -0.1) is 0 Å². The Morgan fingerprint density at radius 2 is 2.00 bits per heavy atom. The van der Waals surface area contributed by atoms with E-state index in [4.69, 9.17) is 14.2 Å². The minimum atomic E-state index is -1.37. The van der Waals surface area contributed by atoms with Crippen molar-refractivity contribution in [2.75, 3.05) is 27.8 Å². The number of hydrogen-bond acceptors (Lipinski definition) is 6. The molecule has 0 aliphatic carbocycles. The van der Waals surface area contributed by atoms with Crippen LogP contribution in [0.5, 0.6) is 5.75 Å². The molecule has 0 radical (unpaired) electrons. The third-order valence-electron chi connectivity index (χ3n) is 4.32. The molecule has 0 amide bonds. The predicted molar refractivity (Wildman–Crippen MR) is 72.7 cm³/mol. The van der Waals surface area contributed by atoms with Crippen molar-refractivity contribution < 1.29 is 23.8 Å². The first-order chi connectivity index (χ1) is 10.1. The van der Waals surface area contributed by atoms with Gasteiger partial charge in [-0.2, -0.15) is 0 Å². The van der Waals surface area contributed by atoms with E-state index in [2.05, 4.69) is 0 Å². The van der Waals surface area contributed by atoms with Crippen LogP contribution in [0.4, 0.5) is 0 Å². The molecule has 0 saturated carbocycles. The minimum Gasteiger partial charge on any atom is -0.472 e. The average Bonchev–Trinajstić information content (AvgIpc) is 2.99. The number of benzene rings is 1. The minimum absolute atomic E-state index is 0.356. The van der Waals surface area contributed by atoms with Crippen molar-refractivity contribution in [3.63, 3.8) is 0 Å². The summed E-state index contributed by atoms with van der Waals surface area (Å²) in [4.78, 5) is 26.6. The first kappa shape index (κ1) is 13.9. The lowest BCUT2D eigenvalue weighted by atomic mass is 9.84. The Hall–Kier alpha value is -2.08. The molecule has 0 unspecified atom stereocenters. The quantitative estimate of drug-likeness (QED) is 0.750.